The number of carbonyl (C=O) groups excluding carboxylic acids is 2. The van der Waals surface area contributed by atoms with Crippen molar-refractivity contribution in [1.29, 1.82) is 0 Å². The van der Waals surface area contributed by atoms with Crippen molar-refractivity contribution >= 4 is 27.5 Å². The van der Waals surface area contributed by atoms with Gasteiger partial charge < -0.3 is 5.32 Å². The van der Waals surface area contributed by atoms with Crippen molar-refractivity contribution in [2.75, 3.05) is 10.1 Å². The van der Waals surface area contributed by atoms with Gasteiger partial charge in [0.25, 0.3) is 5.91 Å². The van der Waals surface area contributed by atoms with E-state index in [2.05, 4.69) is 5.32 Å². The number of anilines is 1. The molecular formula is C18H18N2O4S. The largest absolute Gasteiger partial charge is 0.348 e. The third-order valence-electron chi connectivity index (χ3n) is 4.02. The van der Waals surface area contributed by atoms with Crippen LogP contribution in [0.4, 0.5) is 5.69 Å². The third kappa shape index (κ3) is 3.71. The van der Waals surface area contributed by atoms with Crippen LogP contribution < -0.4 is 9.62 Å². The lowest BCUT2D eigenvalue weighted by atomic mass is 10.1. The molecular weight excluding hydrogens is 340 g/mol. The first-order chi connectivity index (χ1) is 11.9. The Kier molecular flexibility index (Phi) is 4.59. The maximum absolute atomic E-state index is 12.2. The summed E-state index contributed by atoms with van der Waals surface area (Å²) in [6, 6.07) is 13.8. The van der Waals surface area contributed by atoms with E-state index in [0.717, 1.165) is 15.4 Å². The van der Waals surface area contributed by atoms with Crippen molar-refractivity contribution in [2.45, 2.75) is 19.9 Å². The molecule has 1 N–H and O–H groups in total. The summed E-state index contributed by atoms with van der Waals surface area (Å²) in [4.78, 5) is 24.0. The van der Waals surface area contributed by atoms with Crippen molar-refractivity contribution < 1.29 is 18.0 Å². The average molecular weight is 358 g/mol. The second kappa shape index (κ2) is 6.68. The highest BCUT2D eigenvalue weighted by Gasteiger charge is 2.36. The number of aryl methyl sites for hydroxylation is 1. The summed E-state index contributed by atoms with van der Waals surface area (Å²) >= 11 is 0. The van der Waals surface area contributed by atoms with Gasteiger partial charge in [-0.2, -0.15) is 0 Å². The molecule has 1 fully saturated rings. The maximum Gasteiger partial charge on any atom is 0.251 e. The van der Waals surface area contributed by atoms with Gasteiger partial charge >= 0.3 is 0 Å². The van der Waals surface area contributed by atoms with E-state index in [0.29, 0.717) is 12.1 Å². The lowest BCUT2D eigenvalue weighted by Crippen LogP contribution is -2.29. The number of hydrogen-bond acceptors (Lipinski definition) is 4. The normalized spacial score (nSPS) is 16.0. The van der Waals surface area contributed by atoms with Gasteiger partial charge in [-0.3, -0.25) is 9.59 Å². The second-order valence-corrected chi connectivity index (χ2v) is 7.88. The van der Waals surface area contributed by atoms with E-state index in [1.54, 1.807) is 0 Å². The lowest BCUT2D eigenvalue weighted by Gasteiger charge is -2.15. The predicted molar refractivity (Wildman–Crippen MR) is 94.7 cm³/mol. The van der Waals surface area contributed by atoms with Crippen LogP contribution in [-0.2, 0) is 21.4 Å². The first-order valence-electron chi connectivity index (χ1n) is 7.86. The van der Waals surface area contributed by atoms with Gasteiger partial charge in [-0.25, -0.2) is 12.7 Å². The van der Waals surface area contributed by atoms with E-state index in [1.165, 1.54) is 24.3 Å². The summed E-state index contributed by atoms with van der Waals surface area (Å²) < 4.78 is 24.6. The van der Waals surface area contributed by atoms with Gasteiger partial charge in [0.2, 0.25) is 15.9 Å². The molecule has 0 spiro atoms. The number of nitrogens with zero attached hydrogens (tertiary/aromatic N) is 1. The van der Waals surface area contributed by atoms with Crippen LogP contribution in [0, 0.1) is 6.92 Å². The summed E-state index contributed by atoms with van der Waals surface area (Å²) in [6.07, 6.45) is -0.0128. The molecule has 0 atom stereocenters. The van der Waals surface area contributed by atoms with Crippen LogP contribution >= 0.6 is 0 Å². The van der Waals surface area contributed by atoms with E-state index < -0.39 is 15.9 Å². The standard InChI is InChI=1S/C18H18N2O4S/c1-13-2-4-14(5-3-13)12-19-18(22)15-6-8-16(9-7-15)20-17(21)10-11-25(20,23)24/h2-9H,10-12H2,1H3,(H,19,22). The molecule has 1 heterocycles. The van der Waals surface area contributed by atoms with Crippen molar-refractivity contribution in [3.8, 4) is 0 Å². The maximum atomic E-state index is 12.2. The molecule has 3 rings (SSSR count). The Labute approximate surface area is 146 Å². The molecule has 0 bridgehead atoms. The number of benzene rings is 2. The highest BCUT2D eigenvalue weighted by Crippen LogP contribution is 2.25. The van der Waals surface area contributed by atoms with Crippen LogP contribution in [0.25, 0.3) is 0 Å². The Morgan fingerprint density at radius 1 is 1.08 bits per heavy atom. The van der Waals surface area contributed by atoms with E-state index in [9.17, 15) is 18.0 Å². The van der Waals surface area contributed by atoms with Crippen molar-refractivity contribution in [2.24, 2.45) is 0 Å². The van der Waals surface area contributed by atoms with Gasteiger partial charge in [0, 0.05) is 18.5 Å². The fraction of sp³-hybridized carbons (Fsp3) is 0.222. The molecule has 0 aliphatic carbocycles. The summed E-state index contributed by atoms with van der Waals surface area (Å²) in [6.45, 7) is 2.40. The first-order valence-corrected chi connectivity index (χ1v) is 9.47. The molecule has 130 valence electrons. The molecule has 6 nitrogen and oxygen atoms in total. The summed E-state index contributed by atoms with van der Waals surface area (Å²) in [5.41, 5.74) is 2.80. The van der Waals surface area contributed by atoms with Gasteiger partial charge in [0.05, 0.1) is 11.4 Å². The van der Waals surface area contributed by atoms with E-state index in [4.69, 9.17) is 0 Å². The fourth-order valence-corrected chi connectivity index (χ4v) is 4.07. The van der Waals surface area contributed by atoms with Crippen LogP contribution in [0.3, 0.4) is 0 Å². The minimum Gasteiger partial charge on any atom is -0.348 e. The van der Waals surface area contributed by atoms with Crippen LogP contribution in [-0.4, -0.2) is 26.0 Å². The molecule has 0 saturated carbocycles. The zero-order valence-corrected chi connectivity index (χ0v) is 14.5. The molecule has 2 aromatic rings. The number of carbonyl (C=O) groups is 2. The molecule has 0 unspecified atom stereocenters. The lowest BCUT2D eigenvalue weighted by molar-refractivity contribution is -0.116. The number of nitrogens with one attached hydrogen (secondary N) is 1. The SMILES string of the molecule is Cc1ccc(CNC(=O)c2ccc(N3C(=O)CCS3(=O)=O)cc2)cc1. The molecule has 2 aromatic carbocycles. The van der Waals surface area contributed by atoms with Crippen LogP contribution in [0.2, 0.25) is 0 Å². The number of rotatable bonds is 4. The minimum atomic E-state index is -3.59. The van der Waals surface area contributed by atoms with Gasteiger partial charge in [0.15, 0.2) is 0 Å². The average Bonchev–Trinajstić information content (AvgIpc) is 2.87. The summed E-state index contributed by atoms with van der Waals surface area (Å²) in [5.74, 6) is -0.885. The Morgan fingerprint density at radius 3 is 2.28 bits per heavy atom. The number of sulfonamides is 1. The smallest absolute Gasteiger partial charge is 0.251 e. The molecule has 25 heavy (non-hydrogen) atoms. The van der Waals surface area contributed by atoms with Crippen LogP contribution in [0.15, 0.2) is 48.5 Å². The molecule has 1 aliphatic rings. The molecule has 0 radical (unpaired) electrons. The van der Waals surface area contributed by atoms with Crippen molar-refractivity contribution in [1.82, 2.24) is 5.32 Å². The highest BCUT2D eigenvalue weighted by molar-refractivity contribution is 7.94. The monoisotopic (exact) mass is 358 g/mol. The zero-order valence-electron chi connectivity index (χ0n) is 13.7. The Balaban J connectivity index is 1.68. The predicted octanol–water partition coefficient (Wildman–Crippen LogP) is 1.99. The van der Waals surface area contributed by atoms with Gasteiger partial charge in [-0.15, -0.1) is 0 Å². The molecule has 1 aliphatic heterocycles. The van der Waals surface area contributed by atoms with Gasteiger partial charge in [-0.05, 0) is 36.8 Å². The molecule has 7 heteroatoms. The Morgan fingerprint density at radius 2 is 1.72 bits per heavy atom. The van der Waals surface area contributed by atoms with Crippen molar-refractivity contribution in [3.05, 3.63) is 65.2 Å². The Hall–Kier alpha value is -2.67. The topological polar surface area (TPSA) is 83.6 Å². The van der Waals surface area contributed by atoms with Crippen LogP contribution in [0.1, 0.15) is 27.9 Å². The number of hydrogen-bond donors (Lipinski definition) is 1. The fourth-order valence-electron chi connectivity index (χ4n) is 2.61. The van der Waals surface area contributed by atoms with Crippen molar-refractivity contribution in [3.63, 3.8) is 0 Å². The van der Waals surface area contributed by atoms with Gasteiger partial charge in [-0.1, -0.05) is 29.8 Å². The summed E-state index contributed by atoms with van der Waals surface area (Å²) in [5, 5.41) is 2.81. The number of amides is 2. The molecule has 0 aromatic heterocycles. The zero-order chi connectivity index (χ0) is 18.0. The molecule has 1 saturated heterocycles. The minimum absolute atomic E-state index is 0.0128. The second-order valence-electron chi connectivity index (χ2n) is 5.94. The van der Waals surface area contributed by atoms with E-state index in [1.807, 2.05) is 31.2 Å². The van der Waals surface area contributed by atoms with E-state index in [-0.39, 0.29) is 23.8 Å². The first kappa shape index (κ1) is 17.2. The quantitative estimate of drug-likeness (QED) is 0.906. The van der Waals surface area contributed by atoms with E-state index >= 15 is 0 Å². The summed E-state index contributed by atoms with van der Waals surface area (Å²) in [7, 11) is -3.59. The Bertz CT molecular complexity index is 903. The molecule has 2 amide bonds. The highest BCUT2D eigenvalue weighted by atomic mass is 32.2. The van der Waals surface area contributed by atoms with Gasteiger partial charge in [0.1, 0.15) is 0 Å². The van der Waals surface area contributed by atoms with Crippen LogP contribution in [0.5, 0.6) is 0 Å². The third-order valence-corrected chi connectivity index (χ3v) is 5.71.